The van der Waals surface area contributed by atoms with Crippen molar-refractivity contribution in [1.29, 1.82) is 0 Å². The number of carbonyl (C=O) groups excluding carboxylic acids is 2. The molecule has 2 aliphatic heterocycles. The summed E-state index contributed by atoms with van der Waals surface area (Å²) in [7, 11) is -3.30. The number of nitrogens with zero attached hydrogens (tertiary/aromatic N) is 2. The molecule has 29 heavy (non-hydrogen) atoms. The first-order chi connectivity index (χ1) is 13.6. The average molecular weight is 430 g/mol. The van der Waals surface area contributed by atoms with E-state index in [9.17, 15) is 18.0 Å². The molecule has 2 heterocycles. The Balaban J connectivity index is 1.96. The van der Waals surface area contributed by atoms with E-state index in [1.54, 1.807) is 6.92 Å². The lowest BCUT2D eigenvalue weighted by atomic mass is 9.83. The van der Waals surface area contributed by atoms with Gasteiger partial charge in [0.05, 0.1) is 11.8 Å². The molecule has 0 aliphatic carbocycles. The number of unbranched alkanes of at least 4 members (excludes halogenated alkanes) is 1. The van der Waals surface area contributed by atoms with E-state index < -0.39 is 21.6 Å². The standard InChI is InChI=1S/C20H35N3O5S/c1-5-7-12-22(6-2)13-8-11-21-18(24)17-16(3)19(25)28-20(17)9-14-23(15-10-20)29(4,26)27/h5-15H2,1-4H3,(H,21,24). The van der Waals surface area contributed by atoms with Crippen LogP contribution in [-0.4, -0.2) is 80.6 Å². The topological polar surface area (TPSA) is 96.0 Å². The third kappa shape index (κ3) is 5.79. The van der Waals surface area contributed by atoms with Crippen LogP contribution in [0.2, 0.25) is 0 Å². The van der Waals surface area contributed by atoms with E-state index in [4.69, 9.17) is 4.74 Å². The Morgan fingerprint density at radius 1 is 1.21 bits per heavy atom. The van der Waals surface area contributed by atoms with Gasteiger partial charge in [-0.25, -0.2) is 17.5 Å². The highest BCUT2D eigenvalue weighted by Crippen LogP contribution is 2.41. The summed E-state index contributed by atoms with van der Waals surface area (Å²) >= 11 is 0. The summed E-state index contributed by atoms with van der Waals surface area (Å²) in [6, 6.07) is 0. The Kier molecular flexibility index (Phi) is 8.25. The maximum absolute atomic E-state index is 12.9. The molecule has 1 amide bonds. The number of esters is 1. The van der Waals surface area contributed by atoms with Crippen LogP contribution in [0.3, 0.4) is 0 Å². The fraction of sp³-hybridized carbons (Fsp3) is 0.800. The van der Waals surface area contributed by atoms with E-state index in [-0.39, 0.29) is 19.0 Å². The molecule has 0 bridgehead atoms. The molecule has 166 valence electrons. The predicted molar refractivity (Wildman–Crippen MR) is 112 cm³/mol. The zero-order valence-corrected chi connectivity index (χ0v) is 18.9. The minimum atomic E-state index is -3.30. The zero-order chi connectivity index (χ0) is 21.7. The van der Waals surface area contributed by atoms with Gasteiger partial charge in [0, 0.05) is 38.0 Å². The van der Waals surface area contributed by atoms with Crippen LogP contribution in [0.1, 0.15) is 52.9 Å². The van der Waals surface area contributed by atoms with Crippen LogP contribution in [0.4, 0.5) is 0 Å². The van der Waals surface area contributed by atoms with Gasteiger partial charge < -0.3 is 15.0 Å². The summed E-state index contributed by atoms with van der Waals surface area (Å²) in [6.07, 6.45) is 4.92. The van der Waals surface area contributed by atoms with Gasteiger partial charge in [-0.1, -0.05) is 20.3 Å². The van der Waals surface area contributed by atoms with Gasteiger partial charge in [0.2, 0.25) is 10.0 Å². The van der Waals surface area contributed by atoms with E-state index >= 15 is 0 Å². The minimum absolute atomic E-state index is 0.235. The smallest absolute Gasteiger partial charge is 0.335 e. The fourth-order valence-corrected chi connectivity index (χ4v) is 4.91. The van der Waals surface area contributed by atoms with E-state index in [0.717, 1.165) is 32.5 Å². The summed E-state index contributed by atoms with van der Waals surface area (Å²) < 4.78 is 30.5. The third-order valence-electron chi connectivity index (χ3n) is 5.86. The maximum Gasteiger partial charge on any atom is 0.335 e. The zero-order valence-electron chi connectivity index (χ0n) is 18.1. The van der Waals surface area contributed by atoms with Crippen molar-refractivity contribution in [3.8, 4) is 0 Å². The summed E-state index contributed by atoms with van der Waals surface area (Å²) in [5, 5.41) is 2.94. The Hall–Kier alpha value is -1.45. The van der Waals surface area contributed by atoms with Crippen molar-refractivity contribution in [2.24, 2.45) is 0 Å². The largest absolute Gasteiger partial charge is 0.450 e. The van der Waals surface area contributed by atoms with E-state index in [1.807, 2.05) is 0 Å². The molecular formula is C20H35N3O5S. The molecule has 1 spiro atoms. The molecule has 0 atom stereocenters. The predicted octanol–water partition coefficient (Wildman–Crippen LogP) is 1.28. The lowest BCUT2D eigenvalue weighted by Crippen LogP contribution is -2.50. The third-order valence-corrected chi connectivity index (χ3v) is 7.17. The summed E-state index contributed by atoms with van der Waals surface area (Å²) in [5.41, 5.74) is -0.314. The molecule has 2 rings (SSSR count). The van der Waals surface area contributed by atoms with Crippen LogP contribution in [-0.2, 0) is 24.3 Å². The van der Waals surface area contributed by atoms with Gasteiger partial charge in [0.15, 0.2) is 0 Å². The molecule has 1 N–H and O–H groups in total. The van der Waals surface area contributed by atoms with E-state index in [2.05, 4.69) is 24.1 Å². The number of ether oxygens (including phenoxy) is 1. The molecule has 0 aromatic carbocycles. The fourth-order valence-electron chi connectivity index (χ4n) is 4.06. The Morgan fingerprint density at radius 2 is 1.83 bits per heavy atom. The highest BCUT2D eigenvalue weighted by Gasteiger charge is 2.51. The van der Waals surface area contributed by atoms with Crippen LogP contribution in [0.5, 0.6) is 0 Å². The molecule has 0 unspecified atom stereocenters. The van der Waals surface area contributed by atoms with Crippen molar-refractivity contribution in [2.45, 2.75) is 58.5 Å². The van der Waals surface area contributed by atoms with Crippen LogP contribution in [0.25, 0.3) is 0 Å². The number of hydrogen-bond acceptors (Lipinski definition) is 6. The molecule has 9 heteroatoms. The molecular weight excluding hydrogens is 394 g/mol. The second-order valence-corrected chi connectivity index (χ2v) is 9.93. The van der Waals surface area contributed by atoms with Crippen LogP contribution < -0.4 is 5.32 Å². The lowest BCUT2D eigenvalue weighted by molar-refractivity contribution is -0.150. The van der Waals surface area contributed by atoms with Crippen LogP contribution >= 0.6 is 0 Å². The quantitative estimate of drug-likeness (QED) is 0.415. The lowest BCUT2D eigenvalue weighted by Gasteiger charge is -2.38. The molecule has 2 aliphatic rings. The monoisotopic (exact) mass is 429 g/mol. The van der Waals surface area contributed by atoms with Gasteiger partial charge in [-0.3, -0.25) is 4.79 Å². The van der Waals surface area contributed by atoms with Crippen molar-refractivity contribution < 1.29 is 22.7 Å². The number of amides is 1. The number of rotatable bonds is 10. The molecule has 0 saturated carbocycles. The van der Waals surface area contributed by atoms with Crippen molar-refractivity contribution in [3.05, 3.63) is 11.1 Å². The van der Waals surface area contributed by atoms with Gasteiger partial charge >= 0.3 is 5.97 Å². The average Bonchev–Trinajstić information content (AvgIpc) is 2.90. The normalized spacial score (nSPS) is 19.8. The Bertz CT molecular complexity index is 739. The van der Waals surface area contributed by atoms with Crippen molar-refractivity contribution >= 4 is 21.9 Å². The first-order valence-electron chi connectivity index (χ1n) is 10.5. The van der Waals surface area contributed by atoms with Crippen molar-refractivity contribution in [2.75, 3.05) is 45.5 Å². The first-order valence-corrected chi connectivity index (χ1v) is 12.4. The van der Waals surface area contributed by atoms with E-state index in [1.165, 1.54) is 17.0 Å². The molecule has 0 aromatic rings. The minimum Gasteiger partial charge on any atom is -0.450 e. The number of piperidine rings is 1. The van der Waals surface area contributed by atoms with Crippen molar-refractivity contribution in [3.63, 3.8) is 0 Å². The molecule has 1 saturated heterocycles. The SMILES string of the molecule is CCCCN(CC)CCCNC(=O)C1=C(C)C(=O)OC12CCN(S(C)(=O)=O)CC2. The number of nitrogens with one attached hydrogen (secondary N) is 1. The van der Waals surface area contributed by atoms with Crippen LogP contribution in [0.15, 0.2) is 11.1 Å². The summed E-state index contributed by atoms with van der Waals surface area (Å²) in [6.45, 7) is 9.88. The second kappa shape index (κ2) is 10.0. The second-order valence-electron chi connectivity index (χ2n) is 7.94. The maximum atomic E-state index is 12.9. The highest BCUT2D eigenvalue weighted by atomic mass is 32.2. The van der Waals surface area contributed by atoms with Gasteiger partial charge in [-0.15, -0.1) is 0 Å². The first kappa shape index (κ1) is 23.8. The van der Waals surface area contributed by atoms with E-state index in [0.29, 0.717) is 30.5 Å². The number of sulfonamides is 1. The van der Waals surface area contributed by atoms with Gasteiger partial charge in [-0.2, -0.15) is 0 Å². The number of hydrogen-bond donors (Lipinski definition) is 1. The molecule has 0 aromatic heterocycles. The highest BCUT2D eigenvalue weighted by molar-refractivity contribution is 7.88. The summed E-state index contributed by atoms with van der Waals surface area (Å²) in [5.74, 6) is -0.766. The van der Waals surface area contributed by atoms with Gasteiger partial charge in [0.25, 0.3) is 5.91 Å². The van der Waals surface area contributed by atoms with Crippen LogP contribution in [0, 0.1) is 0 Å². The van der Waals surface area contributed by atoms with Gasteiger partial charge in [-0.05, 0) is 39.4 Å². The Morgan fingerprint density at radius 3 is 2.38 bits per heavy atom. The molecule has 0 radical (unpaired) electrons. The Labute approximate surface area is 174 Å². The number of carbonyl (C=O) groups is 2. The molecule has 1 fully saturated rings. The summed E-state index contributed by atoms with van der Waals surface area (Å²) in [4.78, 5) is 27.5. The van der Waals surface area contributed by atoms with Gasteiger partial charge in [0.1, 0.15) is 5.60 Å². The van der Waals surface area contributed by atoms with Crippen molar-refractivity contribution in [1.82, 2.24) is 14.5 Å². The molecule has 8 nitrogen and oxygen atoms in total.